The van der Waals surface area contributed by atoms with Crippen LogP contribution in [0.4, 0.5) is 0 Å². The second-order valence-corrected chi connectivity index (χ2v) is 4.06. The predicted octanol–water partition coefficient (Wildman–Crippen LogP) is 2.24. The van der Waals surface area contributed by atoms with E-state index in [9.17, 15) is 14.7 Å². The van der Waals surface area contributed by atoms with Crippen molar-refractivity contribution in [1.29, 1.82) is 0 Å². The average molecular weight is 272 g/mol. The molecule has 102 valence electrons. The Morgan fingerprint density at radius 2 is 1.70 bits per heavy atom. The molecule has 0 aliphatic carbocycles. The van der Waals surface area contributed by atoms with Crippen LogP contribution in [0.2, 0.25) is 0 Å². The molecular formula is C15H12O5. The highest BCUT2D eigenvalue weighted by molar-refractivity contribution is 6.40. The Labute approximate surface area is 115 Å². The number of phenolic OH excluding ortho intramolecular Hbond substituents is 1. The van der Waals surface area contributed by atoms with Crippen molar-refractivity contribution in [3.05, 3.63) is 59.7 Å². The number of hydrogen-bond acceptors (Lipinski definition) is 4. The molecule has 0 fully saturated rings. The topological polar surface area (TPSA) is 83.8 Å². The predicted molar refractivity (Wildman–Crippen MR) is 70.8 cm³/mol. The number of aromatic hydroxyl groups is 1. The van der Waals surface area contributed by atoms with E-state index in [1.54, 1.807) is 0 Å². The average Bonchev–Trinajstić information content (AvgIpc) is 2.46. The van der Waals surface area contributed by atoms with E-state index in [-0.39, 0.29) is 17.9 Å². The lowest BCUT2D eigenvalue weighted by atomic mass is 10.1. The van der Waals surface area contributed by atoms with Crippen molar-refractivity contribution in [3.8, 4) is 11.5 Å². The molecule has 0 unspecified atom stereocenters. The molecule has 5 nitrogen and oxygen atoms in total. The number of hydrogen-bond donors (Lipinski definition) is 2. The number of carbonyl (C=O) groups excluding carboxylic acids is 1. The van der Waals surface area contributed by atoms with Gasteiger partial charge in [0.25, 0.3) is 5.78 Å². The summed E-state index contributed by atoms with van der Waals surface area (Å²) in [7, 11) is 0. The lowest BCUT2D eigenvalue weighted by Gasteiger charge is -2.10. The summed E-state index contributed by atoms with van der Waals surface area (Å²) >= 11 is 0. The Bertz CT molecular complexity index is 634. The Balaban J connectivity index is 2.19. The zero-order valence-corrected chi connectivity index (χ0v) is 10.4. The molecule has 20 heavy (non-hydrogen) atoms. The summed E-state index contributed by atoms with van der Waals surface area (Å²) in [6, 6.07) is 13.4. The summed E-state index contributed by atoms with van der Waals surface area (Å²) in [4.78, 5) is 22.0. The number of carboxylic acid groups (broad SMARTS) is 1. The van der Waals surface area contributed by atoms with Gasteiger partial charge < -0.3 is 14.9 Å². The highest BCUT2D eigenvalue weighted by Gasteiger charge is 2.20. The van der Waals surface area contributed by atoms with Crippen molar-refractivity contribution >= 4 is 11.8 Å². The third kappa shape index (κ3) is 2.95. The van der Waals surface area contributed by atoms with Crippen molar-refractivity contribution in [2.24, 2.45) is 0 Å². The molecule has 0 saturated carbocycles. The molecule has 2 N–H and O–H groups in total. The number of carboxylic acids is 1. The van der Waals surface area contributed by atoms with Gasteiger partial charge in [-0.25, -0.2) is 4.79 Å². The first-order valence-corrected chi connectivity index (χ1v) is 5.86. The largest absolute Gasteiger partial charge is 0.504 e. The number of ether oxygens (including phenoxy) is 1. The Kier molecular flexibility index (Phi) is 4.00. The second-order valence-electron chi connectivity index (χ2n) is 4.06. The van der Waals surface area contributed by atoms with Gasteiger partial charge in [0.2, 0.25) is 0 Å². The Morgan fingerprint density at radius 1 is 1.00 bits per heavy atom. The maximum atomic E-state index is 11.4. The molecular weight excluding hydrogens is 260 g/mol. The summed E-state index contributed by atoms with van der Waals surface area (Å²) in [5, 5.41) is 18.5. The van der Waals surface area contributed by atoms with Gasteiger partial charge in [-0.05, 0) is 17.7 Å². The summed E-state index contributed by atoms with van der Waals surface area (Å²) in [5.41, 5.74) is 0.602. The van der Waals surface area contributed by atoms with Gasteiger partial charge in [-0.3, -0.25) is 4.79 Å². The van der Waals surface area contributed by atoms with Crippen molar-refractivity contribution in [3.63, 3.8) is 0 Å². The highest BCUT2D eigenvalue weighted by atomic mass is 16.5. The Hall–Kier alpha value is -2.82. The quantitative estimate of drug-likeness (QED) is 0.644. The molecule has 0 radical (unpaired) electrons. The van der Waals surface area contributed by atoms with Crippen LogP contribution in [-0.4, -0.2) is 22.0 Å². The van der Waals surface area contributed by atoms with Gasteiger partial charge in [0.1, 0.15) is 6.61 Å². The first-order chi connectivity index (χ1) is 9.59. The Morgan fingerprint density at radius 3 is 2.35 bits per heavy atom. The van der Waals surface area contributed by atoms with Crippen molar-refractivity contribution < 1.29 is 24.5 Å². The minimum Gasteiger partial charge on any atom is -0.504 e. The molecule has 0 aliphatic heterocycles. The molecule has 0 spiro atoms. The van der Waals surface area contributed by atoms with Crippen LogP contribution in [0.5, 0.6) is 11.5 Å². The van der Waals surface area contributed by atoms with Gasteiger partial charge in [-0.1, -0.05) is 36.4 Å². The van der Waals surface area contributed by atoms with E-state index >= 15 is 0 Å². The van der Waals surface area contributed by atoms with Gasteiger partial charge in [-0.2, -0.15) is 0 Å². The van der Waals surface area contributed by atoms with Gasteiger partial charge >= 0.3 is 5.97 Å². The monoisotopic (exact) mass is 272 g/mol. The number of para-hydroxylation sites is 1. The fraction of sp³-hybridized carbons (Fsp3) is 0.0667. The van der Waals surface area contributed by atoms with Crippen molar-refractivity contribution in [2.45, 2.75) is 6.61 Å². The van der Waals surface area contributed by atoms with Crippen LogP contribution in [0.15, 0.2) is 48.5 Å². The maximum Gasteiger partial charge on any atom is 0.377 e. The van der Waals surface area contributed by atoms with Gasteiger partial charge in [0, 0.05) is 0 Å². The summed E-state index contributed by atoms with van der Waals surface area (Å²) in [5.74, 6) is -3.19. The number of phenols is 1. The number of ketones is 1. The molecule has 0 heterocycles. The third-order valence-electron chi connectivity index (χ3n) is 2.68. The van der Waals surface area contributed by atoms with Gasteiger partial charge in [-0.15, -0.1) is 0 Å². The first-order valence-electron chi connectivity index (χ1n) is 5.86. The van der Waals surface area contributed by atoms with Crippen LogP contribution in [0.25, 0.3) is 0 Å². The van der Waals surface area contributed by atoms with Crippen LogP contribution < -0.4 is 4.74 Å². The van der Waals surface area contributed by atoms with E-state index in [2.05, 4.69) is 0 Å². The molecule has 2 rings (SSSR count). The van der Waals surface area contributed by atoms with Gasteiger partial charge in [0.05, 0.1) is 5.56 Å². The molecule has 2 aromatic rings. The van der Waals surface area contributed by atoms with Crippen LogP contribution in [0, 0.1) is 0 Å². The fourth-order valence-electron chi connectivity index (χ4n) is 1.67. The van der Waals surface area contributed by atoms with Crippen LogP contribution in [-0.2, 0) is 11.4 Å². The van der Waals surface area contributed by atoms with Crippen molar-refractivity contribution in [1.82, 2.24) is 0 Å². The van der Waals surface area contributed by atoms with Crippen molar-refractivity contribution in [2.75, 3.05) is 0 Å². The van der Waals surface area contributed by atoms with Crippen LogP contribution in [0.3, 0.4) is 0 Å². The number of Topliss-reactive ketones (excluding diaryl/α,β-unsaturated/α-hetero) is 1. The van der Waals surface area contributed by atoms with E-state index in [0.717, 1.165) is 5.56 Å². The molecule has 0 amide bonds. The molecule has 5 heteroatoms. The lowest BCUT2D eigenvalue weighted by molar-refractivity contribution is -0.131. The standard InChI is InChI=1S/C15H12O5/c16-13-11(14(17)15(18)19)7-4-8-12(13)20-9-10-5-2-1-3-6-10/h1-8,16H,9H2,(H,18,19). The summed E-state index contributed by atoms with van der Waals surface area (Å²) < 4.78 is 5.40. The smallest absolute Gasteiger partial charge is 0.377 e. The van der Waals surface area contributed by atoms with E-state index < -0.39 is 17.5 Å². The zero-order valence-electron chi connectivity index (χ0n) is 10.4. The summed E-state index contributed by atoms with van der Waals surface area (Å²) in [6.45, 7) is 0.207. The molecule has 0 aromatic heterocycles. The molecule has 0 aliphatic rings. The lowest BCUT2D eigenvalue weighted by Crippen LogP contribution is -2.13. The molecule has 0 atom stereocenters. The number of rotatable bonds is 5. The first kappa shape index (κ1) is 13.6. The maximum absolute atomic E-state index is 11.4. The molecule has 2 aromatic carbocycles. The third-order valence-corrected chi connectivity index (χ3v) is 2.68. The van der Waals surface area contributed by atoms with Crippen LogP contribution >= 0.6 is 0 Å². The number of aliphatic carboxylic acids is 1. The fourth-order valence-corrected chi connectivity index (χ4v) is 1.67. The zero-order chi connectivity index (χ0) is 14.5. The van der Waals surface area contributed by atoms with E-state index in [1.165, 1.54) is 18.2 Å². The highest BCUT2D eigenvalue weighted by Crippen LogP contribution is 2.30. The second kappa shape index (κ2) is 5.88. The molecule has 0 saturated heterocycles. The van der Waals surface area contributed by atoms with Crippen LogP contribution in [0.1, 0.15) is 15.9 Å². The minimum atomic E-state index is -1.62. The normalized spacial score (nSPS) is 10.0. The molecule has 0 bridgehead atoms. The van der Waals surface area contributed by atoms with Gasteiger partial charge in [0.15, 0.2) is 11.5 Å². The SMILES string of the molecule is O=C(O)C(=O)c1cccc(OCc2ccccc2)c1O. The van der Waals surface area contributed by atoms with E-state index in [0.29, 0.717) is 0 Å². The number of benzene rings is 2. The van der Waals surface area contributed by atoms with E-state index in [1.807, 2.05) is 30.3 Å². The number of carbonyl (C=O) groups is 2. The van der Waals surface area contributed by atoms with E-state index in [4.69, 9.17) is 9.84 Å². The minimum absolute atomic E-state index is 0.0703. The summed E-state index contributed by atoms with van der Waals surface area (Å²) in [6.07, 6.45) is 0.